The van der Waals surface area contributed by atoms with E-state index in [1.54, 1.807) is 30.3 Å². The Bertz CT molecular complexity index is 516. The number of benzene rings is 1. The van der Waals surface area contributed by atoms with Gasteiger partial charge in [0, 0.05) is 19.4 Å². The van der Waals surface area contributed by atoms with Gasteiger partial charge in [-0.1, -0.05) is 30.3 Å². The molecule has 21 heavy (non-hydrogen) atoms. The van der Waals surface area contributed by atoms with Crippen LogP contribution < -0.4 is 11.1 Å². The number of nitrogens with two attached hydrogens (primary N) is 1. The van der Waals surface area contributed by atoms with Crippen molar-refractivity contribution in [3.8, 4) is 0 Å². The maximum Gasteiger partial charge on any atom is 0.314 e. The summed E-state index contributed by atoms with van der Waals surface area (Å²) in [5.74, 6) is -1.85. The molecular weight excluding hydrogens is 272 g/mol. The number of carbonyl (C=O) groups is 3. The second kappa shape index (κ2) is 7.42. The van der Waals surface area contributed by atoms with Crippen LogP contribution in [-0.4, -0.2) is 29.4 Å². The molecule has 1 unspecified atom stereocenters. The second-order valence-corrected chi connectivity index (χ2v) is 5.10. The highest BCUT2D eigenvalue weighted by molar-refractivity contribution is 5.89. The SMILES string of the molecule is CC(CC(=O)NCCCC(N)=O)(C(=O)O)c1ccccc1. The molecule has 2 amide bonds. The smallest absolute Gasteiger partial charge is 0.314 e. The van der Waals surface area contributed by atoms with Gasteiger partial charge in [0.05, 0.1) is 5.41 Å². The normalized spacial score (nSPS) is 13.2. The van der Waals surface area contributed by atoms with Crippen molar-refractivity contribution in [1.29, 1.82) is 0 Å². The zero-order chi connectivity index (χ0) is 15.9. The summed E-state index contributed by atoms with van der Waals surface area (Å²) in [5.41, 5.74) is 4.29. The van der Waals surface area contributed by atoms with Crippen LogP contribution in [0.5, 0.6) is 0 Å². The Labute approximate surface area is 123 Å². The van der Waals surface area contributed by atoms with Gasteiger partial charge in [-0.25, -0.2) is 0 Å². The van der Waals surface area contributed by atoms with Crippen LogP contribution in [-0.2, 0) is 19.8 Å². The van der Waals surface area contributed by atoms with Crippen molar-refractivity contribution in [2.24, 2.45) is 5.73 Å². The Morgan fingerprint density at radius 3 is 2.38 bits per heavy atom. The van der Waals surface area contributed by atoms with Crippen LogP contribution in [0.1, 0.15) is 31.7 Å². The van der Waals surface area contributed by atoms with E-state index in [4.69, 9.17) is 5.73 Å². The van der Waals surface area contributed by atoms with Crippen molar-refractivity contribution in [1.82, 2.24) is 5.32 Å². The van der Waals surface area contributed by atoms with Crippen LogP contribution in [0.25, 0.3) is 0 Å². The number of rotatable bonds is 8. The molecule has 0 aliphatic carbocycles. The molecule has 1 atom stereocenters. The zero-order valence-electron chi connectivity index (χ0n) is 12.0. The van der Waals surface area contributed by atoms with Crippen molar-refractivity contribution in [2.45, 2.75) is 31.6 Å². The fraction of sp³-hybridized carbons (Fsp3) is 0.400. The van der Waals surface area contributed by atoms with Crippen LogP contribution >= 0.6 is 0 Å². The number of carbonyl (C=O) groups excluding carboxylic acids is 2. The molecule has 0 bridgehead atoms. The predicted molar refractivity (Wildman–Crippen MR) is 77.5 cm³/mol. The van der Waals surface area contributed by atoms with Gasteiger partial charge in [0.2, 0.25) is 11.8 Å². The third kappa shape index (κ3) is 4.91. The molecule has 6 heteroatoms. The molecule has 0 aliphatic heterocycles. The van der Waals surface area contributed by atoms with E-state index in [1.165, 1.54) is 6.92 Å². The Hall–Kier alpha value is -2.37. The average molecular weight is 292 g/mol. The first-order chi connectivity index (χ1) is 9.86. The van der Waals surface area contributed by atoms with E-state index < -0.39 is 17.3 Å². The third-order valence-electron chi connectivity index (χ3n) is 3.32. The van der Waals surface area contributed by atoms with E-state index in [1.807, 2.05) is 0 Å². The molecule has 0 radical (unpaired) electrons. The monoisotopic (exact) mass is 292 g/mol. The second-order valence-electron chi connectivity index (χ2n) is 5.10. The fourth-order valence-electron chi connectivity index (χ4n) is 1.98. The van der Waals surface area contributed by atoms with Gasteiger partial charge < -0.3 is 16.2 Å². The molecule has 0 saturated heterocycles. The summed E-state index contributed by atoms with van der Waals surface area (Å²) in [5, 5.41) is 12.0. The molecule has 0 spiro atoms. The van der Waals surface area contributed by atoms with E-state index in [9.17, 15) is 19.5 Å². The van der Waals surface area contributed by atoms with Gasteiger partial charge in [0.25, 0.3) is 0 Å². The number of nitrogens with one attached hydrogen (secondary N) is 1. The highest BCUT2D eigenvalue weighted by atomic mass is 16.4. The predicted octanol–water partition coefficient (Wildman–Crippen LogP) is 0.801. The molecule has 0 saturated carbocycles. The van der Waals surface area contributed by atoms with E-state index in [0.717, 1.165) is 0 Å². The lowest BCUT2D eigenvalue weighted by Crippen LogP contribution is -2.39. The summed E-state index contributed by atoms with van der Waals surface area (Å²) in [7, 11) is 0. The van der Waals surface area contributed by atoms with Gasteiger partial charge in [-0.05, 0) is 18.9 Å². The van der Waals surface area contributed by atoms with Crippen LogP contribution in [0.2, 0.25) is 0 Å². The quantitative estimate of drug-likeness (QED) is 0.615. The van der Waals surface area contributed by atoms with Gasteiger partial charge in [0.15, 0.2) is 0 Å². The molecular formula is C15H20N2O4. The molecule has 4 N–H and O–H groups in total. The minimum atomic E-state index is -1.28. The fourth-order valence-corrected chi connectivity index (χ4v) is 1.98. The number of hydrogen-bond donors (Lipinski definition) is 3. The highest BCUT2D eigenvalue weighted by Gasteiger charge is 2.37. The first-order valence-corrected chi connectivity index (χ1v) is 6.70. The Kier molecular flexibility index (Phi) is 5.90. The van der Waals surface area contributed by atoms with Crippen LogP contribution in [0, 0.1) is 0 Å². The van der Waals surface area contributed by atoms with Crippen LogP contribution in [0.4, 0.5) is 0 Å². The molecule has 0 heterocycles. The number of primary amides is 1. The van der Waals surface area contributed by atoms with Crippen molar-refractivity contribution >= 4 is 17.8 Å². The van der Waals surface area contributed by atoms with Crippen molar-refractivity contribution in [2.75, 3.05) is 6.54 Å². The molecule has 114 valence electrons. The zero-order valence-corrected chi connectivity index (χ0v) is 12.0. The maximum absolute atomic E-state index is 11.9. The summed E-state index contributed by atoms with van der Waals surface area (Å²) >= 11 is 0. The summed E-state index contributed by atoms with van der Waals surface area (Å²) in [6.45, 7) is 1.82. The van der Waals surface area contributed by atoms with Gasteiger partial charge in [-0.3, -0.25) is 14.4 Å². The summed E-state index contributed by atoms with van der Waals surface area (Å²) in [4.78, 5) is 34.0. The Morgan fingerprint density at radius 1 is 1.24 bits per heavy atom. The number of carboxylic acid groups (broad SMARTS) is 1. The molecule has 1 rings (SSSR count). The molecule has 6 nitrogen and oxygen atoms in total. The number of amides is 2. The van der Waals surface area contributed by atoms with Gasteiger partial charge >= 0.3 is 5.97 Å². The minimum Gasteiger partial charge on any atom is -0.481 e. The molecule has 0 fully saturated rings. The largest absolute Gasteiger partial charge is 0.481 e. The van der Waals surface area contributed by atoms with E-state index in [0.29, 0.717) is 18.5 Å². The number of hydrogen-bond acceptors (Lipinski definition) is 3. The lowest BCUT2D eigenvalue weighted by atomic mass is 9.79. The highest BCUT2D eigenvalue weighted by Crippen LogP contribution is 2.27. The van der Waals surface area contributed by atoms with Gasteiger partial charge in [-0.2, -0.15) is 0 Å². The van der Waals surface area contributed by atoms with E-state index in [-0.39, 0.29) is 18.7 Å². The Morgan fingerprint density at radius 2 is 1.86 bits per heavy atom. The number of carboxylic acids is 1. The summed E-state index contributed by atoms with van der Waals surface area (Å²) in [6.07, 6.45) is 0.467. The summed E-state index contributed by atoms with van der Waals surface area (Å²) in [6, 6.07) is 8.64. The molecule has 0 aromatic heterocycles. The summed E-state index contributed by atoms with van der Waals surface area (Å²) < 4.78 is 0. The van der Waals surface area contributed by atoms with E-state index in [2.05, 4.69) is 5.32 Å². The Balaban J connectivity index is 2.65. The van der Waals surface area contributed by atoms with Crippen LogP contribution in [0.15, 0.2) is 30.3 Å². The number of aliphatic carboxylic acids is 1. The first kappa shape index (κ1) is 16.7. The third-order valence-corrected chi connectivity index (χ3v) is 3.32. The first-order valence-electron chi connectivity index (χ1n) is 6.70. The average Bonchev–Trinajstić information content (AvgIpc) is 2.44. The minimum absolute atomic E-state index is 0.164. The molecule has 1 aromatic carbocycles. The van der Waals surface area contributed by atoms with Gasteiger partial charge in [0.1, 0.15) is 0 Å². The lowest BCUT2D eigenvalue weighted by Gasteiger charge is -2.24. The van der Waals surface area contributed by atoms with Crippen molar-refractivity contribution in [3.05, 3.63) is 35.9 Å². The standard InChI is InChI=1S/C15H20N2O4/c1-15(14(20)21,11-6-3-2-4-7-11)10-13(19)17-9-5-8-12(16)18/h2-4,6-7H,5,8-10H2,1H3,(H2,16,18)(H,17,19)(H,20,21). The van der Waals surface area contributed by atoms with Crippen LogP contribution in [0.3, 0.4) is 0 Å². The van der Waals surface area contributed by atoms with E-state index >= 15 is 0 Å². The lowest BCUT2D eigenvalue weighted by molar-refractivity contribution is -0.145. The topological polar surface area (TPSA) is 109 Å². The van der Waals surface area contributed by atoms with Crippen molar-refractivity contribution in [3.63, 3.8) is 0 Å². The molecule has 1 aromatic rings. The maximum atomic E-state index is 11.9. The molecule has 0 aliphatic rings. The van der Waals surface area contributed by atoms with Gasteiger partial charge in [-0.15, -0.1) is 0 Å². The van der Waals surface area contributed by atoms with Crippen molar-refractivity contribution < 1.29 is 19.5 Å².